The first-order valence-electron chi connectivity index (χ1n) is 5.99. The van der Waals surface area contributed by atoms with Crippen LogP contribution in [0.1, 0.15) is 12.5 Å². The zero-order valence-corrected chi connectivity index (χ0v) is 11.2. The molecule has 20 heavy (non-hydrogen) atoms. The monoisotopic (exact) mass is 273 g/mol. The lowest BCUT2D eigenvalue weighted by atomic mass is 10.2. The van der Waals surface area contributed by atoms with Gasteiger partial charge in [0.25, 0.3) is 0 Å². The molecule has 0 bridgehead atoms. The average Bonchev–Trinajstić information content (AvgIpc) is 2.46. The number of hydrogen-bond acceptors (Lipinski definition) is 4. The van der Waals surface area contributed by atoms with E-state index in [0.717, 1.165) is 0 Å². The van der Waals surface area contributed by atoms with Gasteiger partial charge in [-0.1, -0.05) is 29.9 Å². The van der Waals surface area contributed by atoms with Crippen molar-refractivity contribution in [3.8, 4) is 5.75 Å². The molecule has 6 heteroatoms. The fourth-order valence-electron chi connectivity index (χ4n) is 1.36. The van der Waals surface area contributed by atoms with Crippen LogP contribution in [0.2, 0.25) is 0 Å². The normalized spacial score (nSPS) is 10.3. The van der Waals surface area contributed by atoms with E-state index in [0.29, 0.717) is 17.9 Å². The van der Waals surface area contributed by atoms with Gasteiger partial charge in [0.2, 0.25) is 0 Å². The van der Waals surface area contributed by atoms with Gasteiger partial charge in [0, 0.05) is 4.91 Å². The fraction of sp³-hybridized carbons (Fsp3) is 0.214. The van der Waals surface area contributed by atoms with E-state index in [2.05, 4.69) is 16.6 Å². The minimum absolute atomic E-state index is 0.0888. The van der Waals surface area contributed by atoms with E-state index in [1.54, 1.807) is 37.3 Å². The summed E-state index contributed by atoms with van der Waals surface area (Å²) in [5.74, 6) is 0.0285. The number of esters is 1. The summed E-state index contributed by atoms with van der Waals surface area (Å²) in [4.78, 5) is 14.2. The van der Waals surface area contributed by atoms with Crippen molar-refractivity contribution in [3.05, 3.63) is 58.6 Å². The minimum Gasteiger partial charge on any atom is -0.490 e. The van der Waals surface area contributed by atoms with Gasteiger partial charge < -0.3 is 9.47 Å². The van der Waals surface area contributed by atoms with Crippen molar-refractivity contribution in [2.24, 2.45) is 5.11 Å². The summed E-state index contributed by atoms with van der Waals surface area (Å²) in [6.45, 7) is 5.87. The molecule has 0 saturated carbocycles. The molecule has 1 rings (SSSR count). The van der Waals surface area contributed by atoms with E-state index in [9.17, 15) is 4.79 Å². The first-order valence-corrected chi connectivity index (χ1v) is 5.99. The lowest BCUT2D eigenvalue weighted by molar-refractivity contribution is -0.138. The Morgan fingerprint density at radius 3 is 2.70 bits per heavy atom. The maximum atomic E-state index is 11.6. The van der Waals surface area contributed by atoms with Gasteiger partial charge in [-0.25, -0.2) is 4.79 Å². The number of azide groups is 1. The number of rotatable bonds is 7. The van der Waals surface area contributed by atoms with E-state index < -0.39 is 5.97 Å². The molecule has 0 spiro atoms. The van der Waals surface area contributed by atoms with Crippen LogP contribution < -0.4 is 4.74 Å². The minimum atomic E-state index is -0.655. The molecule has 0 aliphatic heterocycles. The third kappa shape index (κ3) is 4.88. The van der Waals surface area contributed by atoms with E-state index >= 15 is 0 Å². The molecule has 6 nitrogen and oxygen atoms in total. The van der Waals surface area contributed by atoms with E-state index in [-0.39, 0.29) is 12.3 Å². The van der Waals surface area contributed by atoms with Crippen molar-refractivity contribution in [2.75, 3.05) is 13.2 Å². The molecular weight excluding hydrogens is 258 g/mol. The third-order valence-electron chi connectivity index (χ3n) is 2.19. The van der Waals surface area contributed by atoms with Gasteiger partial charge in [-0.3, -0.25) is 0 Å². The van der Waals surface area contributed by atoms with Gasteiger partial charge in [0.15, 0.2) is 0 Å². The second-order valence-electron chi connectivity index (χ2n) is 3.61. The standard InChI is InChI=1S/C14H15N3O3/c1-3-9-20-12-7-5-11(6-8-12)10-13(16-17-15)14(18)19-4-2/h3,5-8,10H,1,4,9H2,2H3. The topological polar surface area (TPSA) is 84.3 Å². The molecule has 0 fully saturated rings. The van der Waals surface area contributed by atoms with Crippen molar-refractivity contribution in [1.29, 1.82) is 0 Å². The highest BCUT2D eigenvalue weighted by Gasteiger charge is 2.08. The molecule has 0 aliphatic rings. The molecule has 0 heterocycles. The van der Waals surface area contributed by atoms with Gasteiger partial charge in [-0.2, -0.15) is 0 Å². The highest BCUT2D eigenvalue weighted by atomic mass is 16.5. The highest BCUT2D eigenvalue weighted by Crippen LogP contribution is 2.15. The highest BCUT2D eigenvalue weighted by molar-refractivity contribution is 5.93. The van der Waals surface area contributed by atoms with Crippen LogP contribution in [0.25, 0.3) is 16.5 Å². The molecule has 1 aromatic rings. The van der Waals surface area contributed by atoms with Crippen LogP contribution in [-0.4, -0.2) is 19.2 Å². The number of carbonyl (C=O) groups excluding carboxylic acids is 1. The molecule has 0 unspecified atom stereocenters. The van der Waals surface area contributed by atoms with Crippen molar-refractivity contribution >= 4 is 12.0 Å². The van der Waals surface area contributed by atoms with Gasteiger partial charge in [-0.05, 0) is 36.2 Å². The first-order chi connectivity index (χ1) is 9.71. The number of benzene rings is 1. The Labute approximate surface area is 116 Å². The Hall–Kier alpha value is -2.72. The lowest BCUT2D eigenvalue weighted by Crippen LogP contribution is -2.05. The predicted molar refractivity (Wildman–Crippen MR) is 75.9 cm³/mol. The van der Waals surface area contributed by atoms with Crippen LogP contribution in [-0.2, 0) is 9.53 Å². The number of nitrogens with zero attached hydrogens (tertiary/aromatic N) is 3. The Morgan fingerprint density at radius 1 is 1.45 bits per heavy atom. The molecule has 1 aromatic carbocycles. The van der Waals surface area contributed by atoms with Gasteiger partial charge >= 0.3 is 5.97 Å². The summed E-state index contributed by atoms with van der Waals surface area (Å²) >= 11 is 0. The maximum Gasteiger partial charge on any atom is 0.340 e. The van der Waals surface area contributed by atoms with Crippen LogP contribution in [0.5, 0.6) is 5.75 Å². The average molecular weight is 273 g/mol. The quantitative estimate of drug-likeness (QED) is 0.190. The molecule has 0 aromatic heterocycles. The smallest absolute Gasteiger partial charge is 0.340 e. The molecule has 0 N–H and O–H groups in total. The van der Waals surface area contributed by atoms with Crippen molar-refractivity contribution in [2.45, 2.75) is 6.92 Å². The summed E-state index contributed by atoms with van der Waals surface area (Å²) in [6.07, 6.45) is 3.10. The Balaban J connectivity index is 2.90. The van der Waals surface area contributed by atoms with E-state index in [1.807, 2.05) is 0 Å². The van der Waals surface area contributed by atoms with Crippen molar-refractivity contribution in [1.82, 2.24) is 0 Å². The van der Waals surface area contributed by atoms with Crippen molar-refractivity contribution < 1.29 is 14.3 Å². The van der Waals surface area contributed by atoms with Crippen LogP contribution in [0, 0.1) is 0 Å². The van der Waals surface area contributed by atoms with Gasteiger partial charge in [0.1, 0.15) is 18.1 Å². The summed E-state index contributed by atoms with van der Waals surface area (Å²) in [5, 5.41) is 3.33. The second-order valence-corrected chi connectivity index (χ2v) is 3.61. The predicted octanol–water partition coefficient (Wildman–Crippen LogP) is 3.47. The van der Waals surface area contributed by atoms with Crippen LogP contribution >= 0.6 is 0 Å². The summed E-state index contributed by atoms with van der Waals surface area (Å²) in [6, 6.07) is 6.97. The molecule has 0 radical (unpaired) electrons. The van der Waals surface area contributed by atoms with E-state index in [1.165, 1.54) is 6.08 Å². The van der Waals surface area contributed by atoms with Gasteiger partial charge in [0.05, 0.1) is 6.61 Å². The lowest BCUT2D eigenvalue weighted by Gasteiger charge is -2.04. The largest absolute Gasteiger partial charge is 0.490 e. The number of carbonyl (C=O) groups is 1. The molecule has 104 valence electrons. The summed E-state index contributed by atoms with van der Waals surface area (Å²) in [7, 11) is 0. The third-order valence-corrected chi connectivity index (χ3v) is 2.19. The number of hydrogen-bond donors (Lipinski definition) is 0. The van der Waals surface area contributed by atoms with Crippen molar-refractivity contribution in [3.63, 3.8) is 0 Å². The van der Waals surface area contributed by atoms with Crippen LogP contribution in [0.4, 0.5) is 0 Å². The molecule has 0 aliphatic carbocycles. The summed E-state index contributed by atoms with van der Waals surface area (Å²) in [5.41, 5.74) is 9.06. The Morgan fingerprint density at radius 2 is 2.15 bits per heavy atom. The Bertz CT molecular complexity index is 543. The summed E-state index contributed by atoms with van der Waals surface area (Å²) < 4.78 is 10.1. The fourth-order valence-corrected chi connectivity index (χ4v) is 1.36. The Kier molecular flexibility index (Phi) is 6.44. The SMILES string of the molecule is C=CCOc1ccc(C=C(N=[N+]=[N-])C(=O)OCC)cc1. The molecular formula is C14H15N3O3. The molecule has 0 saturated heterocycles. The number of ether oxygens (including phenoxy) is 2. The molecule has 0 amide bonds. The zero-order valence-electron chi connectivity index (χ0n) is 11.2. The van der Waals surface area contributed by atoms with Gasteiger partial charge in [-0.15, -0.1) is 0 Å². The molecule has 0 atom stereocenters. The zero-order chi connectivity index (χ0) is 14.8. The van der Waals surface area contributed by atoms with Crippen LogP contribution in [0.3, 0.4) is 0 Å². The second kappa shape index (κ2) is 8.39. The first kappa shape index (κ1) is 15.3. The maximum absolute atomic E-state index is 11.6. The van der Waals surface area contributed by atoms with E-state index in [4.69, 9.17) is 15.0 Å². The van der Waals surface area contributed by atoms with Crippen LogP contribution in [0.15, 0.2) is 47.7 Å².